The van der Waals surface area contributed by atoms with Crippen LogP contribution in [-0.2, 0) is 13.1 Å². The summed E-state index contributed by atoms with van der Waals surface area (Å²) in [6.45, 7) is 1.08. The van der Waals surface area contributed by atoms with Gasteiger partial charge < -0.3 is 5.32 Å². The van der Waals surface area contributed by atoms with E-state index in [1.54, 1.807) is 29.2 Å². The first-order valence-electron chi connectivity index (χ1n) is 7.25. The van der Waals surface area contributed by atoms with E-state index in [2.05, 4.69) is 15.4 Å². The molecule has 1 N–H and O–H groups in total. The predicted molar refractivity (Wildman–Crippen MR) is 93.2 cm³/mol. The fraction of sp³-hybridized carbons (Fsp3) is 0.118. The molecule has 24 heavy (non-hydrogen) atoms. The molecule has 0 aliphatic heterocycles. The molecule has 0 saturated carbocycles. The fourth-order valence-corrected chi connectivity index (χ4v) is 2.71. The number of aromatic nitrogens is 3. The Bertz CT molecular complexity index is 832. The van der Waals surface area contributed by atoms with Crippen molar-refractivity contribution in [3.63, 3.8) is 0 Å². The number of amides is 1. The molecule has 0 spiro atoms. The molecule has 0 aliphatic carbocycles. The normalized spacial score (nSPS) is 10.6. The lowest BCUT2D eigenvalue weighted by Gasteiger charge is -2.08. The lowest BCUT2D eigenvalue weighted by atomic mass is 10.1. The van der Waals surface area contributed by atoms with Crippen LogP contribution in [0.1, 0.15) is 21.5 Å². The van der Waals surface area contributed by atoms with Gasteiger partial charge in [0.05, 0.1) is 17.1 Å². The van der Waals surface area contributed by atoms with Crippen LogP contribution in [0.15, 0.2) is 55.1 Å². The molecule has 2 aromatic carbocycles. The number of hydrogen-bond acceptors (Lipinski definition) is 3. The number of benzene rings is 2. The van der Waals surface area contributed by atoms with E-state index < -0.39 is 0 Å². The van der Waals surface area contributed by atoms with E-state index in [1.165, 1.54) is 6.33 Å². The van der Waals surface area contributed by atoms with Gasteiger partial charge in [-0.25, -0.2) is 9.67 Å². The van der Waals surface area contributed by atoms with Crippen LogP contribution in [0.5, 0.6) is 0 Å². The van der Waals surface area contributed by atoms with Gasteiger partial charge in [-0.3, -0.25) is 4.79 Å². The van der Waals surface area contributed by atoms with E-state index in [-0.39, 0.29) is 5.91 Å². The molecule has 0 saturated heterocycles. The molecule has 1 amide bonds. The largest absolute Gasteiger partial charge is 0.348 e. The van der Waals surface area contributed by atoms with Crippen LogP contribution in [-0.4, -0.2) is 20.7 Å². The van der Waals surface area contributed by atoms with Gasteiger partial charge in [0.2, 0.25) is 0 Å². The minimum Gasteiger partial charge on any atom is -0.348 e. The standard InChI is InChI=1S/C17H14Cl2N4O/c18-14-5-6-15(16(19)7-14)17(24)21-8-12-1-3-13(4-2-12)9-23-11-20-10-22-23/h1-7,10-11H,8-9H2,(H,21,24). The van der Waals surface area contributed by atoms with Gasteiger partial charge in [-0.05, 0) is 29.3 Å². The van der Waals surface area contributed by atoms with Crippen molar-refractivity contribution >= 4 is 29.1 Å². The molecule has 3 aromatic rings. The van der Waals surface area contributed by atoms with Crippen LogP contribution in [0.25, 0.3) is 0 Å². The average Bonchev–Trinajstić information content (AvgIpc) is 3.07. The Morgan fingerprint density at radius 2 is 1.83 bits per heavy atom. The predicted octanol–water partition coefficient (Wildman–Crippen LogP) is 3.56. The number of nitrogens with zero attached hydrogens (tertiary/aromatic N) is 3. The van der Waals surface area contributed by atoms with Gasteiger partial charge in [-0.15, -0.1) is 0 Å². The molecule has 0 aliphatic rings. The molecule has 1 aromatic heterocycles. The molecular weight excluding hydrogens is 347 g/mol. The van der Waals surface area contributed by atoms with Crippen molar-refractivity contribution in [2.24, 2.45) is 0 Å². The summed E-state index contributed by atoms with van der Waals surface area (Å²) in [5.41, 5.74) is 2.51. The highest BCUT2D eigenvalue weighted by Gasteiger charge is 2.10. The summed E-state index contributed by atoms with van der Waals surface area (Å²) >= 11 is 11.9. The van der Waals surface area contributed by atoms with E-state index in [9.17, 15) is 4.79 Å². The molecule has 122 valence electrons. The van der Waals surface area contributed by atoms with Crippen LogP contribution < -0.4 is 5.32 Å². The highest BCUT2D eigenvalue weighted by atomic mass is 35.5. The second-order valence-corrected chi connectivity index (χ2v) is 6.06. The zero-order chi connectivity index (χ0) is 16.9. The van der Waals surface area contributed by atoms with Crippen molar-refractivity contribution in [2.45, 2.75) is 13.1 Å². The highest BCUT2D eigenvalue weighted by molar-refractivity contribution is 6.36. The lowest BCUT2D eigenvalue weighted by Crippen LogP contribution is -2.23. The van der Waals surface area contributed by atoms with Gasteiger partial charge in [0, 0.05) is 11.6 Å². The Morgan fingerprint density at radius 1 is 1.08 bits per heavy atom. The summed E-state index contributed by atoms with van der Waals surface area (Å²) in [6, 6.07) is 12.7. The van der Waals surface area contributed by atoms with Gasteiger partial charge in [-0.1, -0.05) is 47.5 Å². The first-order valence-corrected chi connectivity index (χ1v) is 8.01. The summed E-state index contributed by atoms with van der Waals surface area (Å²) in [5.74, 6) is -0.233. The van der Waals surface area contributed by atoms with Crippen molar-refractivity contribution in [3.8, 4) is 0 Å². The van der Waals surface area contributed by atoms with Gasteiger partial charge in [0.1, 0.15) is 12.7 Å². The SMILES string of the molecule is O=C(NCc1ccc(Cn2cncn2)cc1)c1ccc(Cl)cc1Cl. The Morgan fingerprint density at radius 3 is 2.50 bits per heavy atom. The maximum atomic E-state index is 12.2. The zero-order valence-electron chi connectivity index (χ0n) is 12.6. The second kappa shape index (κ2) is 7.47. The molecule has 5 nitrogen and oxygen atoms in total. The molecule has 1 heterocycles. The zero-order valence-corrected chi connectivity index (χ0v) is 14.1. The number of nitrogens with one attached hydrogen (secondary N) is 1. The molecule has 0 unspecified atom stereocenters. The molecule has 3 rings (SSSR count). The van der Waals surface area contributed by atoms with Crippen LogP contribution in [0, 0.1) is 0 Å². The Labute approximate surface area is 149 Å². The maximum absolute atomic E-state index is 12.2. The maximum Gasteiger partial charge on any atom is 0.253 e. The molecule has 7 heteroatoms. The number of hydrogen-bond donors (Lipinski definition) is 1. The summed E-state index contributed by atoms with van der Waals surface area (Å²) in [4.78, 5) is 16.1. The van der Waals surface area contributed by atoms with Crippen molar-refractivity contribution in [1.82, 2.24) is 20.1 Å². The van der Waals surface area contributed by atoms with Gasteiger partial charge >= 0.3 is 0 Å². The summed E-state index contributed by atoms with van der Waals surface area (Å²) in [6.07, 6.45) is 3.18. The number of carbonyl (C=O) groups excluding carboxylic acids is 1. The van der Waals surface area contributed by atoms with Gasteiger partial charge in [0.25, 0.3) is 5.91 Å². The van der Waals surface area contributed by atoms with E-state index in [0.29, 0.717) is 28.7 Å². The second-order valence-electron chi connectivity index (χ2n) is 5.22. The highest BCUT2D eigenvalue weighted by Crippen LogP contribution is 2.20. The Balaban J connectivity index is 1.59. The topological polar surface area (TPSA) is 59.8 Å². The molecule has 0 bridgehead atoms. The summed E-state index contributed by atoms with van der Waals surface area (Å²) in [7, 11) is 0. The van der Waals surface area contributed by atoms with E-state index in [4.69, 9.17) is 23.2 Å². The number of halogens is 2. The van der Waals surface area contributed by atoms with Crippen LogP contribution in [0.3, 0.4) is 0 Å². The van der Waals surface area contributed by atoms with Crippen LogP contribution in [0.4, 0.5) is 0 Å². The van der Waals surface area contributed by atoms with E-state index in [1.807, 2.05) is 24.3 Å². The van der Waals surface area contributed by atoms with Crippen LogP contribution >= 0.6 is 23.2 Å². The molecule has 0 atom stereocenters. The summed E-state index contributed by atoms with van der Waals surface area (Å²) < 4.78 is 1.75. The van der Waals surface area contributed by atoms with Gasteiger partial charge in [-0.2, -0.15) is 5.10 Å². The first kappa shape index (κ1) is 16.5. The van der Waals surface area contributed by atoms with E-state index >= 15 is 0 Å². The lowest BCUT2D eigenvalue weighted by molar-refractivity contribution is 0.0951. The molecule has 0 radical (unpaired) electrons. The minimum absolute atomic E-state index is 0.233. The number of carbonyl (C=O) groups is 1. The summed E-state index contributed by atoms with van der Waals surface area (Å²) in [5, 5.41) is 7.75. The Hall–Kier alpha value is -2.37. The average molecular weight is 361 g/mol. The van der Waals surface area contributed by atoms with Crippen LogP contribution in [0.2, 0.25) is 10.0 Å². The van der Waals surface area contributed by atoms with E-state index in [0.717, 1.165) is 11.1 Å². The van der Waals surface area contributed by atoms with Crippen molar-refractivity contribution < 1.29 is 4.79 Å². The third-order valence-corrected chi connectivity index (χ3v) is 4.01. The first-order chi connectivity index (χ1) is 11.6. The Kier molecular flexibility index (Phi) is 5.13. The third-order valence-electron chi connectivity index (χ3n) is 3.46. The minimum atomic E-state index is -0.233. The quantitative estimate of drug-likeness (QED) is 0.756. The van der Waals surface area contributed by atoms with Crippen molar-refractivity contribution in [2.75, 3.05) is 0 Å². The molecule has 0 fully saturated rings. The fourth-order valence-electron chi connectivity index (χ4n) is 2.22. The van der Waals surface area contributed by atoms with Crippen molar-refractivity contribution in [3.05, 3.63) is 81.9 Å². The molecular formula is C17H14Cl2N4O. The smallest absolute Gasteiger partial charge is 0.253 e. The van der Waals surface area contributed by atoms with Crippen molar-refractivity contribution in [1.29, 1.82) is 0 Å². The third kappa shape index (κ3) is 4.13. The number of rotatable bonds is 5. The monoisotopic (exact) mass is 360 g/mol. The van der Waals surface area contributed by atoms with Gasteiger partial charge in [0.15, 0.2) is 0 Å².